The van der Waals surface area contributed by atoms with Crippen LogP contribution in [0.25, 0.3) is 10.8 Å². The van der Waals surface area contributed by atoms with Crippen LogP contribution in [0.4, 0.5) is 0 Å². The van der Waals surface area contributed by atoms with E-state index in [1.807, 2.05) is 48.6 Å². The Labute approximate surface area is 264 Å². The van der Waals surface area contributed by atoms with Crippen LogP contribution >= 0.6 is 0 Å². The molecule has 45 heavy (non-hydrogen) atoms. The van der Waals surface area contributed by atoms with Gasteiger partial charge in [-0.15, -0.1) is 0 Å². The Morgan fingerprint density at radius 1 is 0.822 bits per heavy atom. The Hall–Kier alpha value is -5.20. The minimum Gasteiger partial charge on any atom is -0.343 e. The highest BCUT2D eigenvalue weighted by Gasteiger charge is 2.46. The summed E-state index contributed by atoms with van der Waals surface area (Å²) in [6.45, 7) is 0.0810. The summed E-state index contributed by atoms with van der Waals surface area (Å²) >= 11 is 0. The van der Waals surface area contributed by atoms with Crippen LogP contribution < -0.4 is 10.6 Å². The Bertz CT molecular complexity index is 1790. The second-order valence-electron chi connectivity index (χ2n) is 11.6. The lowest BCUT2D eigenvalue weighted by Crippen LogP contribution is -2.35. The average Bonchev–Trinajstić information content (AvgIpc) is 3.84. The number of aryl methyl sites for hydroxylation is 1. The normalized spacial score (nSPS) is 17.8. The second kappa shape index (κ2) is 15.0. The van der Waals surface area contributed by atoms with Crippen molar-refractivity contribution in [2.45, 2.75) is 63.3 Å². The third kappa shape index (κ3) is 8.46. The molecule has 6 heteroatoms. The molecular formula is C39H37N3O3. The van der Waals surface area contributed by atoms with E-state index in [-0.39, 0.29) is 24.4 Å². The Morgan fingerprint density at radius 2 is 1.56 bits per heavy atom. The number of benzene rings is 3. The highest BCUT2D eigenvalue weighted by atomic mass is 16.2. The predicted molar refractivity (Wildman–Crippen MR) is 177 cm³/mol. The second-order valence-corrected chi connectivity index (χ2v) is 11.6. The molecule has 2 aliphatic carbocycles. The Morgan fingerprint density at radius 3 is 2.36 bits per heavy atom. The number of nitrogens with one attached hydrogen (secondary N) is 2. The van der Waals surface area contributed by atoms with Gasteiger partial charge < -0.3 is 10.6 Å². The zero-order valence-corrected chi connectivity index (χ0v) is 25.4. The standard InChI is InChI=1S/C39H37N3O3/c40-28-30-12-5-4-11-29(20-21-30)13-10-26-41-38(45)36(43)19-3-1-2-15-32-16-8-9-18-35(32)37(44)42-39(24-25-39)34-23-22-31-14-6-7-17-33(31)27-34/h6-9,11-12,14,16-18,20-23,27H,1-5,15,19,24-26H2,(H,41,45)(H,42,44)/b21-20-,29-11-,30-12+. The first-order chi connectivity index (χ1) is 22.0. The molecule has 226 valence electrons. The molecule has 3 aromatic carbocycles. The summed E-state index contributed by atoms with van der Waals surface area (Å²) in [7, 11) is 0. The fourth-order valence-corrected chi connectivity index (χ4v) is 5.57. The molecule has 3 aromatic rings. The van der Waals surface area contributed by atoms with Crippen LogP contribution in [0.3, 0.4) is 0 Å². The van der Waals surface area contributed by atoms with Crippen molar-refractivity contribution in [2.24, 2.45) is 0 Å². The average molecular weight is 596 g/mol. The molecule has 0 heterocycles. The molecule has 2 aliphatic rings. The maximum atomic E-state index is 13.4. The molecule has 6 nitrogen and oxygen atoms in total. The minimum atomic E-state index is -0.622. The van der Waals surface area contributed by atoms with E-state index in [1.54, 1.807) is 12.2 Å². The topological polar surface area (TPSA) is 99.1 Å². The highest BCUT2D eigenvalue weighted by molar-refractivity contribution is 6.36. The highest BCUT2D eigenvalue weighted by Crippen LogP contribution is 2.46. The molecule has 0 radical (unpaired) electrons. The van der Waals surface area contributed by atoms with Gasteiger partial charge in [0.05, 0.1) is 18.2 Å². The largest absolute Gasteiger partial charge is 0.343 e. The molecule has 2 amide bonds. The van der Waals surface area contributed by atoms with E-state index < -0.39 is 11.7 Å². The van der Waals surface area contributed by atoms with Crippen molar-refractivity contribution >= 4 is 28.4 Å². The first-order valence-electron chi connectivity index (χ1n) is 15.7. The van der Waals surface area contributed by atoms with Crippen LogP contribution in [0.1, 0.15) is 72.9 Å². The van der Waals surface area contributed by atoms with Crippen LogP contribution in [-0.2, 0) is 21.5 Å². The van der Waals surface area contributed by atoms with E-state index in [0.29, 0.717) is 17.6 Å². The van der Waals surface area contributed by atoms with Gasteiger partial charge in [0.2, 0.25) is 5.78 Å². The first-order valence-corrected chi connectivity index (χ1v) is 15.7. The predicted octanol–water partition coefficient (Wildman–Crippen LogP) is 6.78. The summed E-state index contributed by atoms with van der Waals surface area (Å²) in [5.74, 6) is 4.73. The molecule has 0 bridgehead atoms. The molecular weight excluding hydrogens is 558 g/mol. The molecule has 1 fully saturated rings. The monoisotopic (exact) mass is 595 g/mol. The van der Waals surface area contributed by atoms with E-state index in [9.17, 15) is 14.4 Å². The van der Waals surface area contributed by atoms with Gasteiger partial charge in [0, 0.05) is 23.1 Å². The smallest absolute Gasteiger partial charge is 0.288 e. The number of rotatable bonds is 11. The first kappa shape index (κ1) is 31.2. The summed E-state index contributed by atoms with van der Waals surface area (Å²) in [6.07, 6.45) is 13.9. The summed E-state index contributed by atoms with van der Waals surface area (Å²) in [5.41, 5.74) is 3.89. The van der Waals surface area contributed by atoms with Gasteiger partial charge in [0.1, 0.15) is 0 Å². The number of fused-ring (bicyclic) bond motifs is 1. The maximum absolute atomic E-state index is 13.4. The van der Waals surface area contributed by atoms with Gasteiger partial charge in [-0.3, -0.25) is 14.4 Å². The maximum Gasteiger partial charge on any atom is 0.288 e. The van der Waals surface area contributed by atoms with E-state index in [1.165, 1.54) is 10.8 Å². The quantitative estimate of drug-likeness (QED) is 0.145. The van der Waals surface area contributed by atoms with E-state index in [4.69, 9.17) is 5.26 Å². The summed E-state index contributed by atoms with van der Waals surface area (Å²) in [5, 5.41) is 17.3. The number of allylic oxidation sites excluding steroid dienone is 6. The molecule has 0 aromatic heterocycles. The number of unbranched alkanes of at least 4 members (excludes halogenated alkanes) is 2. The van der Waals surface area contributed by atoms with Gasteiger partial charge in [-0.05, 0) is 91.1 Å². The third-order valence-corrected chi connectivity index (χ3v) is 8.31. The number of carbonyl (C=O) groups excluding carboxylic acids is 3. The van der Waals surface area contributed by atoms with Crippen LogP contribution in [0.5, 0.6) is 0 Å². The van der Waals surface area contributed by atoms with Gasteiger partial charge in [-0.25, -0.2) is 0 Å². The van der Waals surface area contributed by atoms with Crippen molar-refractivity contribution in [2.75, 3.05) is 6.54 Å². The minimum absolute atomic E-state index is 0.0585. The number of amides is 2. The molecule has 0 spiro atoms. The number of ketones is 1. The van der Waals surface area contributed by atoms with Gasteiger partial charge in [0.15, 0.2) is 0 Å². The third-order valence-electron chi connectivity index (χ3n) is 8.31. The van der Waals surface area contributed by atoms with Crippen molar-refractivity contribution in [1.82, 2.24) is 10.6 Å². The van der Waals surface area contributed by atoms with Crippen molar-refractivity contribution in [3.63, 3.8) is 0 Å². The number of hydrogen-bond acceptors (Lipinski definition) is 4. The van der Waals surface area contributed by atoms with Gasteiger partial charge >= 0.3 is 0 Å². The van der Waals surface area contributed by atoms with E-state index in [2.05, 4.69) is 58.9 Å². The summed E-state index contributed by atoms with van der Waals surface area (Å²) in [6, 6.07) is 24.5. The molecule has 0 unspecified atom stereocenters. The molecule has 0 saturated heterocycles. The number of carbonyl (C=O) groups is 3. The number of hydrogen-bond donors (Lipinski definition) is 2. The Balaban J connectivity index is 1.05. The van der Waals surface area contributed by atoms with Crippen LogP contribution in [0.15, 0.2) is 102 Å². The van der Waals surface area contributed by atoms with Gasteiger partial charge in [0.25, 0.3) is 11.8 Å². The molecule has 2 N–H and O–H groups in total. The molecule has 0 aliphatic heterocycles. The summed E-state index contributed by atoms with van der Waals surface area (Å²) in [4.78, 5) is 38.0. The Kier molecular flexibility index (Phi) is 10.4. The van der Waals surface area contributed by atoms with Crippen molar-refractivity contribution in [1.29, 1.82) is 5.26 Å². The number of Topliss-reactive ketones (excluding diaryl/α,β-unsaturated/α-hetero) is 1. The molecule has 1 saturated carbocycles. The lowest BCUT2D eigenvalue weighted by atomic mass is 9.97. The van der Waals surface area contributed by atoms with Crippen molar-refractivity contribution in [3.8, 4) is 17.9 Å². The molecule has 5 rings (SSSR count). The lowest BCUT2D eigenvalue weighted by Gasteiger charge is -2.20. The van der Waals surface area contributed by atoms with Gasteiger partial charge in [-0.2, -0.15) is 5.26 Å². The van der Waals surface area contributed by atoms with Crippen LogP contribution in [0.2, 0.25) is 0 Å². The van der Waals surface area contributed by atoms with Crippen LogP contribution in [0, 0.1) is 23.2 Å². The zero-order chi connectivity index (χ0) is 31.5. The van der Waals surface area contributed by atoms with E-state index in [0.717, 1.165) is 61.6 Å². The van der Waals surface area contributed by atoms with Crippen molar-refractivity contribution < 1.29 is 14.4 Å². The SMILES string of the molecule is N#CC1=C/CC\C=C(C#CCNC(=O)C(=O)CCCCCc2ccccc2C(=O)NC2(c3ccc4ccccc4c3)CC2)/C=C\1. The van der Waals surface area contributed by atoms with E-state index >= 15 is 0 Å². The molecule has 0 atom stereocenters. The fourth-order valence-electron chi connectivity index (χ4n) is 5.57. The van der Waals surface area contributed by atoms with Gasteiger partial charge in [-0.1, -0.05) is 85.0 Å². The zero-order valence-electron chi connectivity index (χ0n) is 25.4. The van der Waals surface area contributed by atoms with Crippen LogP contribution in [-0.4, -0.2) is 24.1 Å². The lowest BCUT2D eigenvalue weighted by molar-refractivity contribution is -0.137. The number of nitrogens with zero attached hydrogens (tertiary/aromatic N) is 1. The fraction of sp³-hybridized carbons (Fsp3) is 0.282. The number of nitriles is 1. The van der Waals surface area contributed by atoms with Crippen molar-refractivity contribution in [3.05, 3.63) is 119 Å². The summed E-state index contributed by atoms with van der Waals surface area (Å²) < 4.78 is 0.